The molecule has 6 fully saturated rings. The van der Waals surface area contributed by atoms with Crippen LogP contribution in [0.25, 0.3) is 0 Å². The lowest BCUT2D eigenvalue weighted by Gasteiger charge is -2.56. The highest BCUT2D eigenvalue weighted by molar-refractivity contribution is 5.00. The van der Waals surface area contributed by atoms with Crippen LogP contribution in [0.2, 0.25) is 0 Å². The van der Waals surface area contributed by atoms with E-state index < -0.39 is 0 Å². The fourth-order valence-corrected chi connectivity index (χ4v) is 7.48. The first-order valence-corrected chi connectivity index (χ1v) is 15.5. The van der Waals surface area contributed by atoms with Crippen LogP contribution in [0.5, 0.6) is 0 Å². The Kier molecular flexibility index (Phi) is 12.5. The SMILES string of the molecule is CC1CC(C)C1.CC1CC1C.CC1CC2(C1)CC(C)C2.CC1CCC(C)C1.CC1CCC(C)O1. The second-order valence-corrected chi connectivity index (χ2v) is 14.8. The molecule has 6 unspecified atom stereocenters. The lowest BCUT2D eigenvalue weighted by molar-refractivity contribution is -0.0549. The Labute approximate surface area is 216 Å². The van der Waals surface area contributed by atoms with Crippen molar-refractivity contribution in [3.05, 3.63) is 0 Å². The number of hydrogen-bond acceptors (Lipinski definition) is 1. The highest BCUT2D eigenvalue weighted by Gasteiger charge is 2.49. The zero-order valence-electron chi connectivity index (χ0n) is 25.2. The molecule has 1 heteroatoms. The standard InChI is InChI=1S/C9H16.C7H14.C6H12O.C6H12.C5H10/c1-7-3-9(4-7)5-8(2)6-9;1-6-3-4-7(2)5-6;1-5-3-4-6(2)7-5;1-5-3-6(2)4-5;1-4-3-5(4)2/h7-8H,3-6H2,1-2H3;6-7H,3-5H2,1-2H3;5-6H,3-4H2,1-2H3;5-6H,3-4H2,1-2H3;4-5H,3H2,1-2H3. The zero-order valence-corrected chi connectivity index (χ0v) is 25.2. The molecule has 6 aliphatic rings. The van der Waals surface area contributed by atoms with Crippen LogP contribution in [0.15, 0.2) is 0 Å². The van der Waals surface area contributed by atoms with Crippen molar-refractivity contribution in [2.45, 2.75) is 158 Å². The molecule has 1 spiro atoms. The smallest absolute Gasteiger partial charge is 0.0551 e. The lowest BCUT2D eigenvalue weighted by atomic mass is 9.49. The largest absolute Gasteiger partial charge is 0.376 e. The van der Waals surface area contributed by atoms with Gasteiger partial charge in [-0.1, -0.05) is 68.2 Å². The number of rotatable bonds is 0. The average molecular weight is 477 g/mol. The van der Waals surface area contributed by atoms with E-state index >= 15 is 0 Å². The van der Waals surface area contributed by atoms with Gasteiger partial charge in [-0.25, -0.2) is 0 Å². The summed E-state index contributed by atoms with van der Waals surface area (Å²) < 4.78 is 5.36. The van der Waals surface area contributed by atoms with Gasteiger partial charge in [-0.2, -0.15) is 0 Å². The normalized spacial score (nSPS) is 47.5. The van der Waals surface area contributed by atoms with Crippen molar-refractivity contribution < 1.29 is 4.74 Å². The van der Waals surface area contributed by atoms with Gasteiger partial charge in [-0.05, 0) is 131 Å². The van der Waals surface area contributed by atoms with E-state index in [0.717, 1.165) is 52.8 Å². The summed E-state index contributed by atoms with van der Waals surface area (Å²) in [7, 11) is 0. The predicted molar refractivity (Wildman–Crippen MR) is 151 cm³/mol. The molecule has 5 aliphatic carbocycles. The van der Waals surface area contributed by atoms with E-state index in [2.05, 4.69) is 69.2 Å². The molecule has 0 radical (unpaired) electrons. The summed E-state index contributed by atoms with van der Waals surface area (Å²) in [4.78, 5) is 0. The van der Waals surface area contributed by atoms with Crippen LogP contribution >= 0.6 is 0 Å². The zero-order chi connectivity index (χ0) is 25.5. The maximum atomic E-state index is 5.36. The van der Waals surface area contributed by atoms with Gasteiger partial charge < -0.3 is 4.74 Å². The van der Waals surface area contributed by atoms with E-state index in [9.17, 15) is 0 Å². The second-order valence-electron chi connectivity index (χ2n) is 14.8. The van der Waals surface area contributed by atoms with Crippen molar-refractivity contribution in [2.24, 2.45) is 52.8 Å². The Morgan fingerprint density at radius 3 is 0.853 bits per heavy atom. The summed E-state index contributed by atoms with van der Waals surface area (Å²) in [6, 6.07) is 0. The Bertz CT molecular complexity index is 471. The highest BCUT2D eigenvalue weighted by Crippen LogP contribution is 2.60. The molecule has 1 saturated heterocycles. The molecule has 6 rings (SSSR count). The van der Waals surface area contributed by atoms with Gasteiger partial charge in [0, 0.05) is 0 Å². The molecule has 0 N–H and O–H groups in total. The number of hydrogen-bond donors (Lipinski definition) is 0. The molecule has 0 aromatic rings. The first kappa shape index (κ1) is 30.2. The van der Waals surface area contributed by atoms with Crippen LogP contribution in [-0.4, -0.2) is 12.2 Å². The van der Waals surface area contributed by atoms with Gasteiger partial charge in [0.05, 0.1) is 12.2 Å². The third-order valence-corrected chi connectivity index (χ3v) is 9.65. The summed E-state index contributed by atoms with van der Waals surface area (Å²) in [6.07, 6.45) is 18.5. The first-order valence-electron chi connectivity index (χ1n) is 15.5. The molecule has 1 nitrogen and oxygen atoms in total. The predicted octanol–water partition coefficient (Wildman–Crippen LogP) is 10.6. The van der Waals surface area contributed by atoms with Crippen LogP contribution in [0.4, 0.5) is 0 Å². The average Bonchev–Trinajstić information content (AvgIpc) is 2.99. The van der Waals surface area contributed by atoms with Gasteiger partial charge in [0.25, 0.3) is 0 Å². The van der Waals surface area contributed by atoms with Gasteiger partial charge in [0.1, 0.15) is 0 Å². The Morgan fingerprint density at radius 2 is 0.735 bits per heavy atom. The molecular weight excluding hydrogens is 412 g/mol. The third-order valence-electron chi connectivity index (χ3n) is 9.65. The van der Waals surface area contributed by atoms with Crippen LogP contribution < -0.4 is 0 Å². The Balaban J connectivity index is 0.000000152. The summed E-state index contributed by atoms with van der Waals surface area (Å²) in [5.74, 6) is 8.34. The van der Waals surface area contributed by atoms with Crippen molar-refractivity contribution in [3.63, 3.8) is 0 Å². The monoisotopic (exact) mass is 476 g/mol. The summed E-state index contributed by atoms with van der Waals surface area (Å²) in [6.45, 7) is 23.0. The molecule has 34 heavy (non-hydrogen) atoms. The van der Waals surface area contributed by atoms with Gasteiger partial charge in [-0.15, -0.1) is 0 Å². The van der Waals surface area contributed by atoms with E-state index in [1.165, 1.54) is 77.0 Å². The fourth-order valence-electron chi connectivity index (χ4n) is 7.48. The molecule has 6 atom stereocenters. The fraction of sp³-hybridized carbons (Fsp3) is 1.00. The molecule has 0 bridgehead atoms. The topological polar surface area (TPSA) is 9.23 Å². The van der Waals surface area contributed by atoms with Gasteiger partial charge in [0.15, 0.2) is 0 Å². The molecule has 0 aromatic heterocycles. The quantitative estimate of drug-likeness (QED) is 0.338. The summed E-state index contributed by atoms with van der Waals surface area (Å²) in [5.41, 5.74) is 0.888. The van der Waals surface area contributed by atoms with Gasteiger partial charge in [-0.3, -0.25) is 0 Å². The van der Waals surface area contributed by atoms with E-state index in [1.807, 2.05) is 0 Å². The maximum absolute atomic E-state index is 5.36. The van der Waals surface area contributed by atoms with Crippen LogP contribution in [0.1, 0.15) is 146 Å². The molecule has 202 valence electrons. The van der Waals surface area contributed by atoms with Crippen molar-refractivity contribution in [2.75, 3.05) is 0 Å². The maximum Gasteiger partial charge on any atom is 0.0551 e. The minimum Gasteiger partial charge on any atom is -0.376 e. The molecular formula is C33H64O. The molecule has 1 aliphatic heterocycles. The van der Waals surface area contributed by atoms with Crippen LogP contribution in [0, 0.1) is 52.8 Å². The summed E-state index contributed by atoms with van der Waals surface area (Å²) >= 11 is 0. The van der Waals surface area contributed by atoms with Crippen LogP contribution in [0.3, 0.4) is 0 Å². The van der Waals surface area contributed by atoms with E-state index in [0.29, 0.717) is 12.2 Å². The minimum absolute atomic E-state index is 0.523. The van der Waals surface area contributed by atoms with Crippen molar-refractivity contribution in [1.29, 1.82) is 0 Å². The van der Waals surface area contributed by atoms with E-state index in [4.69, 9.17) is 4.74 Å². The van der Waals surface area contributed by atoms with E-state index in [-0.39, 0.29) is 0 Å². The van der Waals surface area contributed by atoms with Crippen LogP contribution in [-0.2, 0) is 4.74 Å². The van der Waals surface area contributed by atoms with Crippen molar-refractivity contribution in [3.8, 4) is 0 Å². The Morgan fingerprint density at radius 1 is 0.412 bits per heavy atom. The van der Waals surface area contributed by atoms with Gasteiger partial charge in [0.2, 0.25) is 0 Å². The lowest BCUT2D eigenvalue weighted by Crippen LogP contribution is -2.45. The van der Waals surface area contributed by atoms with Crippen molar-refractivity contribution >= 4 is 0 Å². The first-order chi connectivity index (χ1) is 15.9. The molecule has 1 heterocycles. The number of ether oxygens (including phenoxy) is 1. The van der Waals surface area contributed by atoms with E-state index in [1.54, 1.807) is 0 Å². The molecule has 5 saturated carbocycles. The van der Waals surface area contributed by atoms with Crippen molar-refractivity contribution in [1.82, 2.24) is 0 Å². The minimum atomic E-state index is 0.523. The summed E-state index contributed by atoms with van der Waals surface area (Å²) in [5, 5.41) is 0. The third kappa shape index (κ3) is 11.3. The second kappa shape index (κ2) is 14.0. The van der Waals surface area contributed by atoms with Gasteiger partial charge >= 0.3 is 0 Å². The Hall–Kier alpha value is -0.0400. The highest BCUT2D eigenvalue weighted by atomic mass is 16.5. The molecule has 0 aromatic carbocycles. The molecule has 0 amide bonds.